The van der Waals surface area contributed by atoms with Crippen LogP contribution >= 0.6 is 0 Å². The number of rotatable bonds is 6. The highest BCUT2D eigenvalue weighted by Gasteiger charge is 2.17. The van der Waals surface area contributed by atoms with Gasteiger partial charge in [-0.1, -0.05) is 31.1 Å². The normalized spacial score (nSPS) is 12.4. The number of halogens is 1. The molecule has 1 aromatic heterocycles. The summed E-state index contributed by atoms with van der Waals surface area (Å²) in [7, 11) is 0. The summed E-state index contributed by atoms with van der Waals surface area (Å²) in [6, 6.07) is 7.91. The van der Waals surface area contributed by atoms with Gasteiger partial charge in [-0.05, 0) is 30.5 Å². The minimum Gasteiger partial charge on any atom is -0.360 e. The molecule has 0 bridgehead atoms. The first kappa shape index (κ1) is 16.2. The van der Waals surface area contributed by atoms with Gasteiger partial charge in [0, 0.05) is 12.1 Å². The van der Waals surface area contributed by atoms with E-state index in [1.54, 1.807) is 25.1 Å². The van der Waals surface area contributed by atoms with Gasteiger partial charge in [-0.25, -0.2) is 4.39 Å². The third-order valence-electron chi connectivity index (χ3n) is 3.27. The van der Waals surface area contributed by atoms with E-state index < -0.39 is 0 Å². The molecule has 5 nitrogen and oxygen atoms in total. The minimum absolute atomic E-state index is 0.0367. The number of carbonyl (C=O) groups is 1. The van der Waals surface area contributed by atoms with Crippen LogP contribution in [0.15, 0.2) is 34.9 Å². The number of benzene rings is 1. The van der Waals surface area contributed by atoms with Crippen LogP contribution in [-0.4, -0.2) is 17.6 Å². The van der Waals surface area contributed by atoms with Gasteiger partial charge in [0.2, 0.25) is 5.91 Å². The first-order valence-electron chi connectivity index (χ1n) is 7.17. The predicted molar refractivity (Wildman–Crippen MR) is 81.9 cm³/mol. The van der Waals surface area contributed by atoms with Crippen molar-refractivity contribution in [3.05, 3.63) is 47.5 Å². The van der Waals surface area contributed by atoms with Gasteiger partial charge in [-0.15, -0.1) is 0 Å². The van der Waals surface area contributed by atoms with Gasteiger partial charge < -0.3 is 15.2 Å². The summed E-state index contributed by atoms with van der Waals surface area (Å²) < 4.78 is 17.9. The molecule has 0 aliphatic rings. The van der Waals surface area contributed by atoms with Crippen molar-refractivity contribution in [2.24, 2.45) is 5.92 Å². The van der Waals surface area contributed by atoms with Crippen molar-refractivity contribution in [3.63, 3.8) is 0 Å². The molecule has 2 rings (SSSR count). The van der Waals surface area contributed by atoms with Crippen LogP contribution in [0.5, 0.6) is 0 Å². The molecule has 0 fully saturated rings. The third kappa shape index (κ3) is 4.39. The number of nitrogens with zero attached hydrogens (tertiary/aromatic N) is 1. The van der Waals surface area contributed by atoms with E-state index >= 15 is 0 Å². The fourth-order valence-corrected chi connectivity index (χ4v) is 2.22. The van der Waals surface area contributed by atoms with Crippen LogP contribution < -0.4 is 10.6 Å². The van der Waals surface area contributed by atoms with Crippen molar-refractivity contribution in [2.75, 3.05) is 11.9 Å². The van der Waals surface area contributed by atoms with Crippen molar-refractivity contribution in [2.45, 2.75) is 26.8 Å². The van der Waals surface area contributed by atoms with Crippen LogP contribution in [0.25, 0.3) is 0 Å². The van der Waals surface area contributed by atoms with Crippen molar-refractivity contribution in [1.82, 2.24) is 10.5 Å². The summed E-state index contributed by atoms with van der Waals surface area (Å²) in [5.41, 5.74) is 0.946. The molecule has 1 aromatic carbocycles. The van der Waals surface area contributed by atoms with E-state index in [1.807, 2.05) is 13.8 Å². The molecule has 0 spiro atoms. The number of amides is 1. The zero-order valence-electron chi connectivity index (χ0n) is 12.9. The SMILES string of the molecule is Cc1cc(NC(=O)CNC(c2ccc(F)cc2)C(C)C)no1. The molecule has 1 unspecified atom stereocenters. The monoisotopic (exact) mass is 305 g/mol. The fraction of sp³-hybridized carbons (Fsp3) is 0.375. The van der Waals surface area contributed by atoms with Crippen LogP contribution in [-0.2, 0) is 4.79 Å². The molecule has 0 aliphatic carbocycles. The largest absolute Gasteiger partial charge is 0.360 e. The van der Waals surface area contributed by atoms with E-state index in [2.05, 4.69) is 15.8 Å². The lowest BCUT2D eigenvalue weighted by molar-refractivity contribution is -0.115. The Balaban J connectivity index is 1.94. The lowest BCUT2D eigenvalue weighted by atomic mass is 9.96. The highest BCUT2D eigenvalue weighted by atomic mass is 19.1. The average Bonchev–Trinajstić information content (AvgIpc) is 2.86. The zero-order chi connectivity index (χ0) is 16.1. The van der Waals surface area contributed by atoms with E-state index in [-0.39, 0.29) is 30.2 Å². The molecule has 22 heavy (non-hydrogen) atoms. The Kier molecular flexibility index (Phi) is 5.27. The van der Waals surface area contributed by atoms with Gasteiger partial charge in [0.15, 0.2) is 5.82 Å². The smallest absolute Gasteiger partial charge is 0.239 e. The standard InChI is InChI=1S/C16H20FN3O2/c1-10(2)16(12-4-6-13(17)7-5-12)18-9-15(21)19-14-8-11(3)22-20-14/h4-8,10,16,18H,9H2,1-3H3,(H,19,20,21). The van der Waals surface area contributed by atoms with E-state index in [4.69, 9.17) is 4.52 Å². The maximum absolute atomic E-state index is 13.0. The first-order valence-corrected chi connectivity index (χ1v) is 7.17. The van der Waals surface area contributed by atoms with Crippen LogP contribution in [0.4, 0.5) is 10.2 Å². The number of aryl methyl sites for hydroxylation is 1. The summed E-state index contributed by atoms with van der Waals surface area (Å²) in [6.07, 6.45) is 0. The van der Waals surface area contributed by atoms with E-state index in [0.29, 0.717) is 11.6 Å². The van der Waals surface area contributed by atoms with Crippen molar-refractivity contribution in [1.29, 1.82) is 0 Å². The quantitative estimate of drug-likeness (QED) is 0.861. The number of nitrogens with one attached hydrogen (secondary N) is 2. The maximum atomic E-state index is 13.0. The first-order chi connectivity index (χ1) is 10.5. The fourth-order valence-electron chi connectivity index (χ4n) is 2.22. The molecule has 0 saturated carbocycles. The summed E-state index contributed by atoms with van der Waals surface area (Å²) in [5.74, 6) is 0.806. The van der Waals surface area contributed by atoms with Crippen LogP contribution in [0.2, 0.25) is 0 Å². The van der Waals surface area contributed by atoms with Gasteiger partial charge in [0.25, 0.3) is 0 Å². The second kappa shape index (κ2) is 7.17. The van der Waals surface area contributed by atoms with Crippen LogP contribution in [0.3, 0.4) is 0 Å². The van der Waals surface area contributed by atoms with Gasteiger partial charge in [0.05, 0.1) is 6.54 Å². The number of aromatic nitrogens is 1. The molecule has 118 valence electrons. The van der Waals surface area contributed by atoms with E-state index in [9.17, 15) is 9.18 Å². The average molecular weight is 305 g/mol. The Bertz CT molecular complexity index is 623. The highest BCUT2D eigenvalue weighted by Crippen LogP contribution is 2.21. The molecule has 1 atom stereocenters. The number of carbonyl (C=O) groups excluding carboxylic acids is 1. The topological polar surface area (TPSA) is 67.2 Å². The lowest BCUT2D eigenvalue weighted by Gasteiger charge is -2.22. The molecule has 0 aliphatic heterocycles. The number of hydrogen-bond donors (Lipinski definition) is 2. The molecule has 0 radical (unpaired) electrons. The van der Waals surface area contributed by atoms with E-state index in [0.717, 1.165) is 5.56 Å². The van der Waals surface area contributed by atoms with Crippen molar-refractivity contribution < 1.29 is 13.7 Å². The molecule has 6 heteroatoms. The highest BCUT2D eigenvalue weighted by molar-refractivity contribution is 5.91. The Morgan fingerprint density at radius 3 is 2.55 bits per heavy atom. The Morgan fingerprint density at radius 1 is 1.32 bits per heavy atom. The van der Waals surface area contributed by atoms with Gasteiger partial charge in [0.1, 0.15) is 11.6 Å². The van der Waals surface area contributed by atoms with Gasteiger partial charge in [-0.3, -0.25) is 4.79 Å². The molecule has 1 amide bonds. The second-order valence-corrected chi connectivity index (χ2v) is 5.53. The molecular weight excluding hydrogens is 285 g/mol. The summed E-state index contributed by atoms with van der Waals surface area (Å²) >= 11 is 0. The summed E-state index contributed by atoms with van der Waals surface area (Å²) in [5, 5.41) is 9.55. The molecule has 2 N–H and O–H groups in total. The zero-order valence-corrected chi connectivity index (χ0v) is 12.9. The Hall–Kier alpha value is -2.21. The third-order valence-corrected chi connectivity index (χ3v) is 3.27. The summed E-state index contributed by atoms with van der Waals surface area (Å²) in [6.45, 7) is 5.97. The minimum atomic E-state index is -0.273. The molecule has 0 saturated heterocycles. The van der Waals surface area contributed by atoms with Crippen molar-refractivity contribution >= 4 is 11.7 Å². The number of hydrogen-bond acceptors (Lipinski definition) is 4. The van der Waals surface area contributed by atoms with E-state index in [1.165, 1.54) is 12.1 Å². The maximum Gasteiger partial charge on any atom is 0.239 e. The van der Waals surface area contributed by atoms with Gasteiger partial charge >= 0.3 is 0 Å². The Morgan fingerprint density at radius 2 is 2.00 bits per heavy atom. The lowest BCUT2D eigenvalue weighted by Crippen LogP contribution is -2.33. The Labute approximate surface area is 128 Å². The van der Waals surface area contributed by atoms with Crippen LogP contribution in [0.1, 0.15) is 31.2 Å². The molecule has 1 heterocycles. The summed E-state index contributed by atoms with van der Waals surface area (Å²) in [4.78, 5) is 11.9. The molecule has 2 aromatic rings. The molecular formula is C16H20FN3O2. The number of anilines is 1. The second-order valence-electron chi connectivity index (χ2n) is 5.53. The van der Waals surface area contributed by atoms with Crippen molar-refractivity contribution in [3.8, 4) is 0 Å². The predicted octanol–water partition coefficient (Wildman–Crippen LogP) is 3.05. The van der Waals surface area contributed by atoms with Crippen LogP contribution in [0, 0.1) is 18.7 Å². The van der Waals surface area contributed by atoms with Gasteiger partial charge in [-0.2, -0.15) is 0 Å².